The normalized spacial score (nSPS) is 15.1. The summed E-state index contributed by atoms with van der Waals surface area (Å²) in [6.45, 7) is 8.27. The molecule has 0 aromatic heterocycles. The third-order valence-electron chi connectivity index (χ3n) is 5.50. The molecule has 2 aromatic carbocycles. The molecule has 1 heterocycles. The minimum atomic E-state index is -0.308. The predicted octanol–water partition coefficient (Wildman–Crippen LogP) is 4.31. The van der Waals surface area contributed by atoms with Gasteiger partial charge < -0.3 is 9.64 Å². The van der Waals surface area contributed by atoms with E-state index in [0.29, 0.717) is 17.2 Å². The van der Waals surface area contributed by atoms with Gasteiger partial charge in [-0.25, -0.2) is 4.79 Å². The lowest BCUT2D eigenvalue weighted by atomic mass is 10.0. The number of hydrogen-bond donors (Lipinski definition) is 0. The molecule has 1 saturated heterocycles. The zero-order chi connectivity index (χ0) is 22.2. The van der Waals surface area contributed by atoms with E-state index in [4.69, 9.17) is 16.3 Å². The molecule has 1 fully saturated rings. The van der Waals surface area contributed by atoms with Crippen molar-refractivity contribution in [2.75, 3.05) is 39.3 Å². The van der Waals surface area contributed by atoms with Gasteiger partial charge in [0, 0.05) is 49.4 Å². The molecule has 0 radical (unpaired) electrons. The van der Waals surface area contributed by atoms with Gasteiger partial charge in [-0.2, -0.15) is 0 Å². The number of ether oxygens (including phenoxy) is 1. The lowest BCUT2D eigenvalue weighted by Crippen LogP contribution is -2.49. The lowest BCUT2D eigenvalue weighted by Gasteiger charge is -2.34. The first-order chi connectivity index (χ1) is 15.0. The number of piperazine rings is 1. The minimum absolute atomic E-state index is 0.0677. The van der Waals surface area contributed by atoms with E-state index in [2.05, 4.69) is 17.0 Å². The molecular formula is C25H29ClN2O3. The van der Waals surface area contributed by atoms with Crippen LogP contribution in [0.25, 0.3) is 5.57 Å². The first kappa shape index (κ1) is 23.0. The number of amides is 1. The summed E-state index contributed by atoms with van der Waals surface area (Å²) in [6, 6.07) is 15.4. The van der Waals surface area contributed by atoms with Crippen molar-refractivity contribution < 1.29 is 14.3 Å². The van der Waals surface area contributed by atoms with Crippen LogP contribution in [0.5, 0.6) is 0 Å². The van der Waals surface area contributed by atoms with E-state index < -0.39 is 0 Å². The molecular weight excluding hydrogens is 412 g/mol. The Labute approximate surface area is 189 Å². The van der Waals surface area contributed by atoms with E-state index in [1.165, 1.54) is 11.6 Å². The van der Waals surface area contributed by atoms with Crippen molar-refractivity contribution in [2.45, 2.75) is 20.3 Å². The van der Waals surface area contributed by atoms with Crippen LogP contribution in [0.1, 0.15) is 35.3 Å². The standard InChI is InChI=1S/C25H29ClN2O3/c1-3-31-24(29)18-19(2)21-6-4-20(5-7-21)12-13-27-14-16-28(17-15-27)25(30)22-8-10-23(26)11-9-22/h4-11,18H,3,12-17H2,1-2H3. The molecule has 6 heteroatoms. The molecule has 164 valence electrons. The average molecular weight is 441 g/mol. The molecule has 1 aliphatic heterocycles. The maximum atomic E-state index is 12.6. The Hall–Kier alpha value is -2.63. The summed E-state index contributed by atoms with van der Waals surface area (Å²) in [6.07, 6.45) is 2.48. The number of hydrogen-bond acceptors (Lipinski definition) is 4. The minimum Gasteiger partial charge on any atom is -0.463 e. The number of carbonyl (C=O) groups excluding carboxylic acids is 2. The second kappa shape index (κ2) is 11.1. The Balaban J connectivity index is 1.45. The molecule has 0 bridgehead atoms. The van der Waals surface area contributed by atoms with Gasteiger partial charge in [0.2, 0.25) is 0 Å². The van der Waals surface area contributed by atoms with Crippen LogP contribution in [0.15, 0.2) is 54.6 Å². The summed E-state index contributed by atoms with van der Waals surface area (Å²) in [5.74, 6) is -0.240. The highest BCUT2D eigenvalue weighted by Crippen LogP contribution is 2.16. The zero-order valence-corrected chi connectivity index (χ0v) is 18.9. The number of benzene rings is 2. The number of allylic oxidation sites excluding steroid dienone is 1. The van der Waals surface area contributed by atoms with E-state index in [1.807, 2.05) is 24.0 Å². The Morgan fingerprint density at radius 2 is 1.58 bits per heavy atom. The second-order valence-corrected chi connectivity index (χ2v) is 8.10. The van der Waals surface area contributed by atoms with Crippen molar-refractivity contribution in [1.82, 2.24) is 9.80 Å². The Bertz CT molecular complexity index is 915. The predicted molar refractivity (Wildman–Crippen MR) is 124 cm³/mol. The van der Waals surface area contributed by atoms with Gasteiger partial charge in [-0.1, -0.05) is 35.9 Å². The van der Waals surface area contributed by atoms with Gasteiger partial charge in [0.25, 0.3) is 5.91 Å². The number of rotatable bonds is 7. The Kier molecular flexibility index (Phi) is 8.27. The van der Waals surface area contributed by atoms with Crippen LogP contribution < -0.4 is 0 Å². The maximum absolute atomic E-state index is 12.6. The molecule has 31 heavy (non-hydrogen) atoms. The highest BCUT2D eigenvalue weighted by molar-refractivity contribution is 6.30. The monoisotopic (exact) mass is 440 g/mol. The Morgan fingerprint density at radius 1 is 0.968 bits per heavy atom. The summed E-state index contributed by atoms with van der Waals surface area (Å²) in [7, 11) is 0. The van der Waals surface area contributed by atoms with Gasteiger partial charge >= 0.3 is 5.97 Å². The third-order valence-corrected chi connectivity index (χ3v) is 5.75. The molecule has 3 rings (SSSR count). The van der Waals surface area contributed by atoms with E-state index in [0.717, 1.165) is 50.3 Å². The van der Waals surface area contributed by atoms with Crippen molar-refractivity contribution in [3.05, 3.63) is 76.3 Å². The topological polar surface area (TPSA) is 49.9 Å². The lowest BCUT2D eigenvalue weighted by molar-refractivity contribution is -0.137. The quantitative estimate of drug-likeness (QED) is 0.475. The smallest absolute Gasteiger partial charge is 0.331 e. The molecule has 0 N–H and O–H groups in total. The molecule has 5 nitrogen and oxygen atoms in total. The number of carbonyl (C=O) groups is 2. The summed E-state index contributed by atoms with van der Waals surface area (Å²) in [5, 5.41) is 0.639. The fraction of sp³-hybridized carbons (Fsp3) is 0.360. The van der Waals surface area contributed by atoms with Crippen molar-refractivity contribution in [3.8, 4) is 0 Å². The molecule has 1 amide bonds. The van der Waals surface area contributed by atoms with Crippen LogP contribution in [-0.2, 0) is 16.0 Å². The van der Waals surface area contributed by atoms with Gasteiger partial charge in [-0.15, -0.1) is 0 Å². The highest BCUT2D eigenvalue weighted by atomic mass is 35.5. The molecule has 0 saturated carbocycles. The van der Waals surface area contributed by atoms with Crippen molar-refractivity contribution in [3.63, 3.8) is 0 Å². The van der Waals surface area contributed by atoms with E-state index in [-0.39, 0.29) is 11.9 Å². The molecule has 0 atom stereocenters. The summed E-state index contributed by atoms with van der Waals surface area (Å²) in [4.78, 5) is 28.5. The van der Waals surface area contributed by atoms with Crippen LogP contribution in [0.2, 0.25) is 5.02 Å². The number of halogens is 1. The van der Waals surface area contributed by atoms with E-state index in [1.54, 1.807) is 31.2 Å². The first-order valence-corrected chi connectivity index (χ1v) is 11.1. The zero-order valence-electron chi connectivity index (χ0n) is 18.1. The molecule has 1 aliphatic rings. The van der Waals surface area contributed by atoms with Gasteiger partial charge in [-0.05, 0) is 61.2 Å². The average Bonchev–Trinajstić information content (AvgIpc) is 2.78. The maximum Gasteiger partial charge on any atom is 0.331 e. The highest BCUT2D eigenvalue weighted by Gasteiger charge is 2.21. The molecule has 0 unspecified atom stereocenters. The van der Waals surface area contributed by atoms with Crippen LogP contribution in [0, 0.1) is 0 Å². The summed E-state index contributed by atoms with van der Waals surface area (Å²) in [5.41, 5.74) is 3.86. The summed E-state index contributed by atoms with van der Waals surface area (Å²) >= 11 is 5.91. The SMILES string of the molecule is CCOC(=O)C=C(C)c1ccc(CCN2CCN(C(=O)c3ccc(Cl)cc3)CC2)cc1. The van der Waals surface area contributed by atoms with Gasteiger partial charge in [-0.3, -0.25) is 9.69 Å². The second-order valence-electron chi connectivity index (χ2n) is 7.67. The number of nitrogens with zero attached hydrogens (tertiary/aromatic N) is 2. The molecule has 2 aromatic rings. The van der Waals surface area contributed by atoms with E-state index in [9.17, 15) is 9.59 Å². The number of esters is 1. The van der Waals surface area contributed by atoms with Crippen molar-refractivity contribution in [2.24, 2.45) is 0 Å². The Morgan fingerprint density at radius 3 is 2.19 bits per heavy atom. The van der Waals surface area contributed by atoms with E-state index >= 15 is 0 Å². The summed E-state index contributed by atoms with van der Waals surface area (Å²) < 4.78 is 4.96. The molecule has 0 spiro atoms. The van der Waals surface area contributed by atoms with Gasteiger partial charge in [0.05, 0.1) is 6.61 Å². The van der Waals surface area contributed by atoms with Crippen molar-refractivity contribution in [1.29, 1.82) is 0 Å². The fourth-order valence-corrected chi connectivity index (χ4v) is 3.74. The fourth-order valence-electron chi connectivity index (χ4n) is 3.62. The molecule has 0 aliphatic carbocycles. The van der Waals surface area contributed by atoms with Crippen LogP contribution in [-0.4, -0.2) is 61.0 Å². The third kappa shape index (κ3) is 6.68. The van der Waals surface area contributed by atoms with Gasteiger partial charge in [0.15, 0.2) is 0 Å². The van der Waals surface area contributed by atoms with Crippen LogP contribution >= 0.6 is 11.6 Å². The van der Waals surface area contributed by atoms with Crippen molar-refractivity contribution >= 4 is 29.1 Å². The van der Waals surface area contributed by atoms with Gasteiger partial charge in [0.1, 0.15) is 0 Å². The largest absolute Gasteiger partial charge is 0.463 e. The van der Waals surface area contributed by atoms with Crippen LogP contribution in [0.3, 0.4) is 0 Å². The van der Waals surface area contributed by atoms with Crippen LogP contribution in [0.4, 0.5) is 0 Å². The first-order valence-electron chi connectivity index (χ1n) is 10.7.